The molecule has 15 heteroatoms. The van der Waals surface area contributed by atoms with Gasteiger partial charge in [-0.3, -0.25) is 28.8 Å². The third-order valence-corrected chi connectivity index (χ3v) is 10.8. The number of carbonyl (C=O) groups excluding carboxylic acids is 6. The van der Waals surface area contributed by atoms with E-state index in [9.17, 15) is 37.5 Å². The van der Waals surface area contributed by atoms with E-state index in [4.69, 9.17) is 10.5 Å². The van der Waals surface area contributed by atoms with E-state index in [1.165, 1.54) is 4.90 Å². The molecule has 1 aliphatic heterocycles. The quantitative estimate of drug-likeness (QED) is 0.164. The Labute approximate surface area is 340 Å². The SMILES string of the molecule is CCCC(CC(=O)NCC(=O)NC(C(N)=O)c1cc(C)cc(C)c1)NC(=O)[C@@H]1C[C@@H](OC(C)(C)C)CN1C(=O)C(C)(NC(=O)c1c(F)cccc1F)C1CCCCC1. The van der Waals surface area contributed by atoms with Crippen LogP contribution in [-0.2, 0) is 28.7 Å². The topological polar surface area (TPSA) is 189 Å². The minimum absolute atomic E-state index is 0.0168. The van der Waals surface area contributed by atoms with Gasteiger partial charge in [0, 0.05) is 25.4 Å². The molecule has 318 valence electrons. The zero-order valence-electron chi connectivity index (χ0n) is 34.8. The number of likely N-dealkylation sites (tertiary alicyclic amines) is 1. The molecular weight excluding hydrogens is 751 g/mol. The van der Waals surface area contributed by atoms with Gasteiger partial charge < -0.3 is 36.6 Å². The van der Waals surface area contributed by atoms with Gasteiger partial charge in [0.2, 0.25) is 29.5 Å². The van der Waals surface area contributed by atoms with Gasteiger partial charge in [-0.15, -0.1) is 0 Å². The Kier molecular flexibility index (Phi) is 15.5. The molecule has 2 aromatic carbocycles. The zero-order valence-corrected chi connectivity index (χ0v) is 34.8. The lowest BCUT2D eigenvalue weighted by Gasteiger charge is -2.42. The Bertz CT molecular complexity index is 1800. The molecule has 0 radical (unpaired) electrons. The molecule has 3 unspecified atom stereocenters. The Hall–Kier alpha value is -4.92. The monoisotopic (exact) mass is 810 g/mol. The number of benzene rings is 2. The van der Waals surface area contributed by atoms with Crippen LogP contribution in [0.5, 0.6) is 0 Å². The van der Waals surface area contributed by atoms with Crippen molar-refractivity contribution in [1.29, 1.82) is 0 Å². The number of hydrogen-bond acceptors (Lipinski definition) is 7. The highest BCUT2D eigenvalue weighted by Gasteiger charge is 2.51. The molecule has 0 bridgehead atoms. The number of halogens is 2. The fourth-order valence-electron chi connectivity index (χ4n) is 8.23. The van der Waals surface area contributed by atoms with Crippen molar-refractivity contribution in [1.82, 2.24) is 26.2 Å². The first-order valence-corrected chi connectivity index (χ1v) is 20.2. The van der Waals surface area contributed by atoms with Crippen molar-refractivity contribution in [3.8, 4) is 0 Å². The number of nitrogens with zero attached hydrogens (tertiary/aromatic N) is 1. The standard InChI is InChI=1S/C43H60F2N6O7/c1-8-13-29(21-34(52)47-23-35(53)49-37(38(46)54)27-19-25(2)18-26(3)20-27)48-39(55)33-22-30(58-42(4,5)6)24-51(33)41(57)43(7,28-14-10-9-11-15-28)50-40(56)36-31(44)16-12-17-32(36)45/h12,16-20,28-30,33,37H,8-11,13-15,21-24H2,1-7H3,(H2,46,54)(H,47,52)(H,48,55)(H,49,53)(H,50,56)/t29?,30-,33+,37?,43?/m1/s1. The van der Waals surface area contributed by atoms with Crippen molar-refractivity contribution in [2.24, 2.45) is 11.7 Å². The molecule has 1 saturated carbocycles. The van der Waals surface area contributed by atoms with Crippen molar-refractivity contribution >= 4 is 35.4 Å². The number of nitrogens with two attached hydrogens (primary N) is 1. The molecule has 58 heavy (non-hydrogen) atoms. The molecule has 0 spiro atoms. The summed E-state index contributed by atoms with van der Waals surface area (Å²) < 4.78 is 35.9. The highest BCUT2D eigenvalue weighted by Crippen LogP contribution is 2.37. The van der Waals surface area contributed by atoms with Gasteiger partial charge in [-0.05, 0) is 84.4 Å². The second kappa shape index (κ2) is 19.7. The van der Waals surface area contributed by atoms with Crippen molar-refractivity contribution < 1.29 is 42.3 Å². The minimum atomic E-state index is -1.63. The van der Waals surface area contributed by atoms with E-state index in [-0.39, 0.29) is 25.3 Å². The van der Waals surface area contributed by atoms with Gasteiger partial charge in [-0.25, -0.2) is 8.78 Å². The number of hydrogen-bond donors (Lipinski definition) is 5. The predicted molar refractivity (Wildman–Crippen MR) is 214 cm³/mol. The molecule has 6 N–H and O–H groups in total. The molecule has 2 aromatic rings. The van der Waals surface area contributed by atoms with Crippen molar-refractivity contribution in [3.63, 3.8) is 0 Å². The first-order chi connectivity index (χ1) is 27.2. The van der Waals surface area contributed by atoms with E-state index in [0.717, 1.165) is 48.6 Å². The van der Waals surface area contributed by atoms with Crippen LogP contribution in [0.2, 0.25) is 0 Å². The molecule has 5 atom stereocenters. The van der Waals surface area contributed by atoms with E-state index in [0.29, 0.717) is 31.2 Å². The fraction of sp³-hybridized carbons (Fsp3) is 0.581. The molecule has 0 aromatic heterocycles. The molecule has 1 aliphatic carbocycles. The highest BCUT2D eigenvalue weighted by molar-refractivity contribution is 6.01. The maximum absolute atomic E-state index is 14.9. The van der Waals surface area contributed by atoms with Crippen molar-refractivity contribution in [2.45, 2.75) is 142 Å². The summed E-state index contributed by atoms with van der Waals surface area (Å²) in [5.74, 6) is -6.61. The van der Waals surface area contributed by atoms with Gasteiger partial charge in [0.15, 0.2) is 0 Å². The van der Waals surface area contributed by atoms with E-state index in [1.807, 2.05) is 47.6 Å². The van der Waals surface area contributed by atoms with Crippen LogP contribution in [0.3, 0.4) is 0 Å². The van der Waals surface area contributed by atoms with Crippen LogP contribution >= 0.6 is 0 Å². The Balaban J connectivity index is 1.51. The fourth-order valence-corrected chi connectivity index (χ4v) is 8.23. The summed E-state index contributed by atoms with van der Waals surface area (Å²) in [7, 11) is 0. The molecule has 2 fully saturated rings. The largest absolute Gasteiger partial charge is 0.371 e. The van der Waals surface area contributed by atoms with Gasteiger partial charge in [0.25, 0.3) is 5.91 Å². The third kappa shape index (κ3) is 12.1. The van der Waals surface area contributed by atoms with E-state index in [2.05, 4.69) is 21.3 Å². The molecule has 13 nitrogen and oxygen atoms in total. The average molecular weight is 811 g/mol. The summed E-state index contributed by atoms with van der Waals surface area (Å²) in [4.78, 5) is 82.3. The normalized spacial score (nSPS) is 19.4. The van der Waals surface area contributed by atoms with E-state index >= 15 is 0 Å². The Morgan fingerprint density at radius 3 is 2.10 bits per heavy atom. The molecule has 2 aliphatic rings. The van der Waals surface area contributed by atoms with Crippen LogP contribution in [0.4, 0.5) is 8.78 Å². The van der Waals surface area contributed by atoms with Crippen LogP contribution in [0.15, 0.2) is 36.4 Å². The van der Waals surface area contributed by atoms with Gasteiger partial charge in [0.05, 0.1) is 18.2 Å². The van der Waals surface area contributed by atoms with Gasteiger partial charge in [-0.2, -0.15) is 0 Å². The average Bonchev–Trinajstić information content (AvgIpc) is 3.54. The number of aryl methyl sites for hydroxylation is 2. The summed E-state index contributed by atoms with van der Waals surface area (Å²) in [5.41, 5.74) is 4.83. The maximum atomic E-state index is 14.9. The smallest absolute Gasteiger partial charge is 0.258 e. The summed E-state index contributed by atoms with van der Waals surface area (Å²) in [6.45, 7) is 12.3. The molecular formula is C43H60F2N6O7. The number of carbonyl (C=O) groups is 6. The molecule has 1 saturated heterocycles. The Morgan fingerprint density at radius 1 is 0.914 bits per heavy atom. The lowest BCUT2D eigenvalue weighted by molar-refractivity contribution is -0.146. The maximum Gasteiger partial charge on any atom is 0.258 e. The lowest BCUT2D eigenvalue weighted by Crippen LogP contribution is -2.64. The van der Waals surface area contributed by atoms with Crippen LogP contribution < -0.4 is 27.0 Å². The van der Waals surface area contributed by atoms with E-state index in [1.54, 1.807) is 19.1 Å². The molecule has 4 rings (SSSR count). The second-order valence-electron chi connectivity index (χ2n) is 16.9. The van der Waals surface area contributed by atoms with Gasteiger partial charge in [0.1, 0.15) is 34.8 Å². The number of primary amides is 1. The summed E-state index contributed by atoms with van der Waals surface area (Å²) in [6.07, 6.45) is 4.04. The molecule has 6 amide bonds. The van der Waals surface area contributed by atoms with Crippen LogP contribution in [0, 0.1) is 31.4 Å². The van der Waals surface area contributed by atoms with E-state index < -0.39 is 94.6 Å². The van der Waals surface area contributed by atoms with Crippen molar-refractivity contribution in [2.75, 3.05) is 13.1 Å². The Morgan fingerprint density at radius 2 is 1.53 bits per heavy atom. The second-order valence-corrected chi connectivity index (χ2v) is 16.9. The highest BCUT2D eigenvalue weighted by atomic mass is 19.1. The summed E-state index contributed by atoms with van der Waals surface area (Å²) in [6, 6.07) is 5.66. The van der Waals surface area contributed by atoms with Crippen LogP contribution in [-0.4, -0.2) is 82.8 Å². The number of amides is 6. The van der Waals surface area contributed by atoms with Gasteiger partial charge in [-0.1, -0.05) is 68.0 Å². The van der Waals surface area contributed by atoms with Crippen molar-refractivity contribution in [3.05, 3.63) is 70.3 Å². The molecule has 1 heterocycles. The van der Waals surface area contributed by atoms with Crippen LogP contribution in [0.25, 0.3) is 0 Å². The van der Waals surface area contributed by atoms with Gasteiger partial charge >= 0.3 is 0 Å². The number of rotatable bonds is 16. The first-order valence-electron chi connectivity index (χ1n) is 20.2. The summed E-state index contributed by atoms with van der Waals surface area (Å²) >= 11 is 0. The minimum Gasteiger partial charge on any atom is -0.371 e. The lowest BCUT2D eigenvalue weighted by atomic mass is 9.74. The third-order valence-electron chi connectivity index (χ3n) is 10.8. The summed E-state index contributed by atoms with van der Waals surface area (Å²) in [5, 5.41) is 10.8. The number of ether oxygens (including phenoxy) is 1. The predicted octanol–water partition coefficient (Wildman–Crippen LogP) is 4.57. The number of nitrogens with one attached hydrogen (secondary N) is 4. The van der Waals surface area contributed by atoms with Crippen LogP contribution in [0.1, 0.15) is 125 Å². The zero-order chi connectivity index (χ0) is 42.9. The first kappa shape index (κ1) is 45.8.